The Morgan fingerprint density at radius 1 is 1.21 bits per heavy atom. The maximum absolute atomic E-state index is 13.8. The molecule has 0 bridgehead atoms. The first-order chi connectivity index (χ1) is 15.6. The van der Waals surface area contributed by atoms with Gasteiger partial charge in [-0.15, -0.1) is 0 Å². The molecule has 0 N–H and O–H groups in total. The molecule has 4 rings (SSSR count). The van der Waals surface area contributed by atoms with E-state index in [4.69, 9.17) is 18.6 Å². The molecule has 8 heteroatoms. The zero-order chi connectivity index (χ0) is 24.0. The van der Waals surface area contributed by atoms with Crippen LogP contribution in [0.15, 0.2) is 23.0 Å². The van der Waals surface area contributed by atoms with Gasteiger partial charge in [0.15, 0.2) is 11.9 Å². The van der Waals surface area contributed by atoms with Gasteiger partial charge in [-0.1, -0.05) is 20.8 Å². The van der Waals surface area contributed by atoms with Crippen LogP contribution in [0.3, 0.4) is 0 Å². The summed E-state index contributed by atoms with van der Waals surface area (Å²) in [7, 11) is 0. The lowest BCUT2D eigenvalue weighted by Crippen LogP contribution is -2.64. The van der Waals surface area contributed by atoms with Gasteiger partial charge in [0, 0.05) is 24.8 Å². The van der Waals surface area contributed by atoms with Gasteiger partial charge in [0.2, 0.25) is 0 Å². The Bertz CT molecular complexity index is 936. The van der Waals surface area contributed by atoms with E-state index in [0.717, 1.165) is 5.56 Å². The van der Waals surface area contributed by atoms with Crippen molar-refractivity contribution < 1.29 is 37.8 Å². The van der Waals surface area contributed by atoms with Crippen LogP contribution >= 0.6 is 0 Å². The average molecular weight is 461 g/mol. The fourth-order valence-electron chi connectivity index (χ4n) is 6.62. The summed E-state index contributed by atoms with van der Waals surface area (Å²) in [6, 6.07) is 1.75. The number of cyclic esters (lactones) is 1. The summed E-state index contributed by atoms with van der Waals surface area (Å²) >= 11 is 0. The largest absolute Gasteiger partial charge is 0.472 e. The fraction of sp³-hybridized carbons (Fsp3) is 0.680. The van der Waals surface area contributed by atoms with Gasteiger partial charge in [0.25, 0.3) is 0 Å². The Morgan fingerprint density at radius 3 is 2.61 bits per heavy atom. The highest BCUT2D eigenvalue weighted by Crippen LogP contribution is 2.65. The van der Waals surface area contributed by atoms with Crippen LogP contribution in [0.25, 0.3) is 0 Å². The smallest absolute Gasteiger partial charge is 0.310 e. The molecule has 1 saturated heterocycles. The first-order valence-electron chi connectivity index (χ1n) is 11.7. The van der Waals surface area contributed by atoms with Gasteiger partial charge in [-0.3, -0.25) is 19.2 Å². The summed E-state index contributed by atoms with van der Waals surface area (Å²) in [6.07, 6.45) is 3.69. The van der Waals surface area contributed by atoms with E-state index >= 15 is 0 Å². The standard InChI is InChI=1S/C25H32O8/c1-5-9-31-22(28)17-11-18(32-14(2)26)20(27)21-24(17,3)8-6-16-23(29)33-19(12-25(16,21)4)15-7-10-30-13-15/h7,10,13,16-19,21H,5-6,8-9,11-12H2,1-4H3/t16-,17-,18-,19-,21-,24-,25-/m0/s1. The lowest BCUT2D eigenvalue weighted by molar-refractivity contribution is -0.210. The van der Waals surface area contributed by atoms with Crippen LogP contribution in [0.1, 0.15) is 71.5 Å². The van der Waals surface area contributed by atoms with Crippen LogP contribution in [0.2, 0.25) is 0 Å². The first-order valence-corrected chi connectivity index (χ1v) is 11.7. The van der Waals surface area contributed by atoms with Crippen molar-refractivity contribution in [3.63, 3.8) is 0 Å². The number of carbonyl (C=O) groups is 4. The molecule has 2 saturated carbocycles. The molecule has 7 atom stereocenters. The highest BCUT2D eigenvalue weighted by Gasteiger charge is 2.67. The van der Waals surface area contributed by atoms with Crippen molar-refractivity contribution >= 4 is 23.7 Å². The summed E-state index contributed by atoms with van der Waals surface area (Å²) in [6.45, 7) is 7.35. The maximum Gasteiger partial charge on any atom is 0.310 e. The van der Waals surface area contributed by atoms with E-state index in [9.17, 15) is 19.2 Å². The monoisotopic (exact) mass is 460 g/mol. The van der Waals surface area contributed by atoms with E-state index in [0.29, 0.717) is 25.7 Å². The Labute approximate surface area is 193 Å². The van der Waals surface area contributed by atoms with E-state index in [1.807, 2.05) is 20.8 Å². The molecule has 3 aliphatic rings. The minimum absolute atomic E-state index is 0.102. The van der Waals surface area contributed by atoms with E-state index in [1.165, 1.54) is 13.2 Å². The molecule has 1 aromatic heterocycles. The molecule has 33 heavy (non-hydrogen) atoms. The Balaban J connectivity index is 1.76. The molecule has 180 valence electrons. The van der Waals surface area contributed by atoms with E-state index in [-0.39, 0.29) is 30.7 Å². The zero-order valence-electron chi connectivity index (χ0n) is 19.6. The van der Waals surface area contributed by atoms with Crippen molar-refractivity contribution in [3.05, 3.63) is 24.2 Å². The number of hydrogen-bond acceptors (Lipinski definition) is 8. The molecule has 8 nitrogen and oxygen atoms in total. The summed E-state index contributed by atoms with van der Waals surface area (Å²) in [4.78, 5) is 51.9. The molecule has 0 amide bonds. The van der Waals surface area contributed by atoms with Crippen molar-refractivity contribution in [1.29, 1.82) is 0 Å². The fourth-order valence-corrected chi connectivity index (χ4v) is 6.62. The van der Waals surface area contributed by atoms with Crippen LogP contribution in [0, 0.1) is 28.6 Å². The number of furan rings is 1. The van der Waals surface area contributed by atoms with Gasteiger partial charge >= 0.3 is 17.9 Å². The normalized spacial score (nSPS) is 38.0. The van der Waals surface area contributed by atoms with Gasteiger partial charge in [0.05, 0.1) is 31.0 Å². The maximum atomic E-state index is 13.8. The number of Topliss-reactive ketones (excluding diaryl/α,β-unsaturated/α-hetero) is 1. The van der Waals surface area contributed by atoms with Crippen LogP contribution in [0.5, 0.6) is 0 Å². The number of fused-ring (bicyclic) bond motifs is 3. The van der Waals surface area contributed by atoms with Crippen LogP contribution < -0.4 is 0 Å². The highest BCUT2D eigenvalue weighted by molar-refractivity contribution is 5.93. The molecule has 0 unspecified atom stereocenters. The minimum Gasteiger partial charge on any atom is -0.472 e. The number of hydrogen-bond donors (Lipinski definition) is 0. The van der Waals surface area contributed by atoms with Crippen molar-refractivity contribution in [2.75, 3.05) is 6.61 Å². The van der Waals surface area contributed by atoms with Crippen molar-refractivity contribution in [3.8, 4) is 0 Å². The number of rotatable bonds is 5. The van der Waals surface area contributed by atoms with Crippen LogP contribution in [-0.4, -0.2) is 36.4 Å². The van der Waals surface area contributed by atoms with E-state index < -0.39 is 46.8 Å². The Kier molecular flexibility index (Phi) is 6.14. The van der Waals surface area contributed by atoms with Gasteiger partial charge in [-0.05, 0) is 42.6 Å². The lowest BCUT2D eigenvalue weighted by Gasteiger charge is -2.61. The van der Waals surface area contributed by atoms with Crippen LogP contribution in [-0.2, 0) is 33.4 Å². The Hall–Kier alpha value is -2.64. The molecule has 1 aliphatic heterocycles. The predicted molar refractivity (Wildman–Crippen MR) is 115 cm³/mol. The van der Waals surface area contributed by atoms with Gasteiger partial charge < -0.3 is 18.6 Å². The van der Waals surface area contributed by atoms with Crippen molar-refractivity contribution in [2.24, 2.45) is 28.6 Å². The topological polar surface area (TPSA) is 109 Å². The summed E-state index contributed by atoms with van der Waals surface area (Å²) in [5.74, 6) is -3.27. The van der Waals surface area contributed by atoms with Gasteiger partial charge in [-0.2, -0.15) is 0 Å². The first kappa shape index (κ1) is 23.5. The molecular weight excluding hydrogens is 428 g/mol. The Morgan fingerprint density at radius 2 is 1.97 bits per heavy atom. The zero-order valence-corrected chi connectivity index (χ0v) is 19.6. The van der Waals surface area contributed by atoms with Gasteiger partial charge in [0.1, 0.15) is 6.10 Å². The third kappa shape index (κ3) is 3.87. The van der Waals surface area contributed by atoms with Gasteiger partial charge in [-0.25, -0.2) is 0 Å². The molecule has 1 aromatic rings. The molecule has 0 spiro atoms. The SMILES string of the molecule is CCCOC(=O)[C@@H]1C[C@H](OC(C)=O)C(=O)[C@H]2[C@@]1(C)CC[C@H]1C(=O)O[C@H](c3ccoc3)C[C@]21C. The second-order valence-electron chi connectivity index (χ2n) is 10.2. The highest BCUT2D eigenvalue weighted by atomic mass is 16.6. The quantitative estimate of drug-likeness (QED) is 0.482. The second-order valence-corrected chi connectivity index (χ2v) is 10.2. The summed E-state index contributed by atoms with van der Waals surface area (Å²) in [5, 5.41) is 0. The van der Waals surface area contributed by atoms with E-state index in [1.54, 1.807) is 12.3 Å². The number of ether oxygens (including phenoxy) is 3. The summed E-state index contributed by atoms with van der Waals surface area (Å²) < 4.78 is 21.8. The molecule has 2 heterocycles. The molecular formula is C25H32O8. The molecule has 0 aromatic carbocycles. The third-order valence-corrected chi connectivity index (χ3v) is 8.06. The molecule has 2 aliphatic carbocycles. The number of ketones is 1. The molecule has 3 fully saturated rings. The van der Waals surface area contributed by atoms with Crippen LogP contribution in [0.4, 0.5) is 0 Å². The molecule has 0 radical (unpaired) electrons. The predicted octanol–water partition coefficient (Wildman–Crippen LogP) is 3.78. The second kappa shape index (κ2) is 8.61. The minimum atomic E-state index is -1.04. The number of esters is 3. The average Bonchev–Trinajstić information content (AvgIpc) is 3.27. The van der Waals surface area contributed by atoms with Crippen molar-refractivity contribution in [1.82, 2.24) is 0 Å². The summed E-state index contributed by atoms with van der Waals surface area (Å²) in [5.41, 5.74) is -0.764. The third-order valence-electron chi connectivity index (χ3n) is 8.06. The van der Waals surface area contributed by atoms with E-state index in [2.05, 4.69) is 0 Å². The lowest BCUT2D eigenvalue weighted by atomic mass is 9.43. The number of carbonyl (C=O) groups excluding carboxylic acids is 4. The van der Waals surface area contributed by atoms with Crippen molar-refractivity contribution in [2.45, 2.75) is 72.0 Å².